The standard InChI is InChI=1S/C18H15ClN4O/c19-13-5-3-4-12(10-13)11-22-18-21-9-8-16(23-18)14-6-1-2-7-15(14)17(20)24/h1-10H,11H2,(H2,20,24)(H,21,22,23). The maximum atomic E-state index is 11.6. The molecule has 0 aliphatic carbocycles. The molecule has 0 radical (unpaired) electrons. The molecule has 3 rings (SSSR count). The van der Waals surface area contributed by atoms with E-state index in [-0.39, 0.29) is 0 Å². The van der Waals surface area contributed by atoms with E-state index in [1.807, 2.05) is 36.4 Å². The van der Waals surface area contributed by atoms with Crippen LogP contribution in [0.4, 0.5) is 5.95 Å². The van der Waals surface area contributed by atoms with E-state index >= 15 is 0 Å². The van der Waals surface area contributed by atoms with Gasteiger partial charge in [-0.1, -0.05) is 41.9 Å². The lowest BCUT2D eigenvalue weighted by Crippen LogP contribution is -2.12. The van der Waals surface area contributed by atoms with Gasteiger partial charge in [0.05, 0.1) is 5.69 Å². The quantitative estimate of drug-likeness (QED) is 0.746. The van der Waals surface area contributed by atoms with Crippen molar-refractivity contribution in [2.45, 2.75) is 6.54 Å². The molecule has 0 aliphatic heterocycles. The normalized spacial score (nSPS) is 10.4. The number of carbonyl (C=O) groups is 1. The molecule has 0 spiro atoms. The van der Waals surface area contributed by atoms with Crippen molar-refractivity contribution in [2.24, 2.45) is 5.73 Å². The van der Waals surface area contributed by atoms with Crippen LogP contribution in [0.3, 0.4) is 0 Å². The highest BCUT2D eigenvalue weighted by Gasteiger charge is 2.11. The number of rotatable bonds is 5. The molecule has 120 valence electrons. The Kier molecular flexibility index (Phi) is 4.72. The smallest absolute Gasteiger partial charge is 0.249 e. The van der Waals surface area contributed by atoms with Crippen molar-refractivity contribution in [3.8, 4) is 11.3 Å². The first-order chi connectivity index (χ1) is 11.6. The molecule has 1 aromatic heterocycles. The first-order valence-electron chi connectivity index (χ1n) is 7.34. The van der Waals surface area contributed by atoms with Gasteiger partial charge in [-0.15, -0.1) is 0 Å². The van der Waals surface area contributed by atoms with Gasteiger partial charge in [-0.2, -0.15) is 0 Å². The van der Waals surface area contributed by atoms with Gasteiger partial charge in [0.25, 0.3) is 0 Å². The summed E-state index contributed by atoms with van der Waals surface area (Å²) < 4.78 is 0. The van der Waals surface area contributed by atoms with Crippen molar-refractivity contribution < 1.29 is 4.79 Å². The van der Waals surface area contributed by atoms with Crippen molar-refractivity contribution in [2.75, 3.05) is 5.32 Å². The van der Waals surface area contributed by atoms with Crippen molar-refractivity contribution in [3.63, 3.8) is 0 Å². The first-order valence-corrected chi connectivity index (χ1v) is 7.72. The van der Waals surface area contributed by atoms with E-state index in [1.54, 1.807) is 24.4 Å². The van der Waals surface area contributed by atoms with E-state index in [4.69, 9.17) is 17.3 Å². The summed E-state index contributed by atoms with van der Waals surface area (Å²) in [5, 5.41) is 3.83. The number of amides is 1. The topological polar surface area (TPSA) is 80.9 Å². The van der Waals surface area contributed by atoms with Crippen LogP contribution < -0.4 is 11.1 Å². The predicted octanol–water partition coefficient (Wildman–Crippen LogP) is 3.51. The Morgan fingerprint density at radius 3 is 2.75 bits per heavy atom. The number of nitrogens with one attached hydrogen (secondary N) is 1. The SMILES string of the molecule is NC(=O)c1ccccc1-c1ccnc(NCc2cccc(Cl)c2)n1. The average molecular weight is 339 g/mol. The van der Waals surface area contributed by atoms with Gasteiger partial charge < -0.3 is 11.1 Å². The number of hydrogen-bond donors (Lipinski definition) is 2. The van der Waals surface area contributed by atoms with Gasteiger partial charge in [-0.25, -0.2) is 9.97 Å². The molecular weight excluding hydrogens is 324 g/mol. The zero-order chi connectivity index (χ0) is 16.9. The molecule has 6 heteroatoms. The summed E-state index contributed by atoms with van der Waals surface area (Å²) in [5.41, 5.74) is 8.19. The number of carbonyl (C=O) groups excluding carboxylic acids is 1. The Balaban J connectivity index is 1.83. The van der Waals surface area contributed by atoms with Crippen LogP contribution in [0.15, 0.2) is 60.8 Å². The van der Waals surface area contributed by atoms with E-state index in [0.29, 0.717) is 34.3 Å². The average Bonchev–Trinajstić information content (AvgIpc) is 2.60. The summed E-state index contributed by atoms with van der Waals surface area (Å²) in [4.78, 5) is 20.2. The fourth-order valence-electron chi connectivity index (χ4n) is 2.34. The van der Waals surface area contributed by atoms with Gasteiger partial charge in [0.15, 0.2) is 0 Å². The van der Waals surface area contributed by atoms with E-state index in [9.17, 15) is 4.79 Å². The van der Waals surface area contributed by atoms with E-state index in [0.717, 1.165) is 5.56 Å². The van der Waals surface area contributed by atoms with E-state index in [1.165, 1.54) is 0 Å². The molecule has 5 nitrogen and oxygen atoms in total. The molecular formula is C18H15ClN4O. The molecule has 0 aliphatic rings. The lowest BCUT2D eigenvalue weighted by Gasteiger charge is -2.09. The van der Waals surface area contributed by atoms with Crippen molar-refractivity contribution >= 4 is 23.5 Å². The summed E-state index contributed by atoms with van der Waals surface area (Å²) in [6.07, 6.45) is 1.64. The summed E-state index contributed by atoms with van der Waals surface area (Å²) >= 11 is 5.98. The minimum atomic E-state index is -0.488. The number of benzene rings is 2. The van der Waals surface area contributed by atoms with E-state index < -0.39 is 5.91 Å². The van der Waals surface area contributed by atoms with Gasteiger partial charge in [-0.05, 0) is 29.8 Å². The van der Waals surface area contributed by atoms with Crippen LogP contribution in [0.5, 0.6) is 0 Å². The molecule has 3 N–H and O–H groups in total. The number of hydrogen-bond acceptors (Lipinski definition) is 4. The molecule has 2 aromatic carbocycles. The third kappa shape index (κ3) is 3.70. The molecule has 0 fully saturated rings. The second-order valence-electron chi connectivity index (χ2n) is 5.16. The predicted molar refractivity (Wildman–Crippen MR) is 94.8 cm³/mol. The van der Waals surface area contributed by atoms with Crippen molar-refractivity contribution in [3.05, 3.63) is 76.9 Å². The van der Waals surface area contributed by atoms with Gasteiger partial charge in [-0.3, -0.25) is 4.79 Å². The first kappa shape index (κ1) is 16.0. The van der Waals surface area contributed by atoms with Gasteiger partial charge in [0.2, 0.25) is 11.9 Å². The molecule has 0 saturated heterocycles. The van der Waals surface area contributed by atoms with E-state index in [2.05, 4.69) is 15.3 Å². The van der Waals surface area contributed by atoms with Crippen molar-refractivity contribution in [1.29, 1.82) is 0 Å². The highest BCUT2D eigenvalue weighted by molar-refractivity contribution is 6.30. The Morgan fingerprint density at radius 1 is 1.12 bits per heavy atom. The fourth-order valence-corrected chi connectivity index (χ4v) is 2.56. The molecule has 1 amide bonds. The molecule has 0 saturated carbocycles. The zero-order valence-electron chi connectivity index (χ0n) is 12.7. The van der Waals surface area contributed by atoms with Crippen LogP contribution >= 0.6 is 11.6 Å². The molecule has 24 heavy (non-hydrogen) atoms. The monoisotopic (exact) mass is 338 g/mol. The lowest BCUT2D eigenvalue weighted by molar-refractivity contribution is 0.100. The minimum Gasteiger partial charge on any atom is -0.366 e. The minimum absolute atomic E-state index is 0.428. The summed E-state index contributed by atoms with van der Waals surface area (Å²) in [6.45, 7) is 0.543. The number of primary amides is 1. The number of halogens is 1. The fraction of sp³-hybridized carbons (Fsp3) is 0.0556. The van der Waals surface area contributed by atoms with Gasteiger partial charge in [0, 0.05) is 28.9 Å². The number of nitrogens with zero attached hydrogens (tertiary/aromatic N) is 2. The Bertz CT molecular complexity index is 882. The second-order valence-corrected chi connectivity index (χ2v) is 5.60. The molecule has 0 atom stereocenters. The summed E-state index contributed by atoms with van der Waals surface area (Å²) in [7, 11) is 0. The Labute approximate surface area is 144 Å². The number of nitrogens with two attached hydrogens (primary N) is 1. The lowest BCUT2D eigenvalue weighted by atomic mass is 10.0. The maximum absolute atomic E-state index is 11.6. The van der Waals surface area contributed by atoms with Crippen LogP contribution in [0.2, 0.25) is 5.02 Å². The van der Waals surface area contributed by atoms with Crippen LogP contribution in [0.1, 0.15) is 15.9 Å². The summed E-state index contributed by atoms with van der Waals surface area (Å²) in [6, 6.07) is 16.4. The Hall–Kier alpha value is -2.92. The third-order valence-corrected chi connectivity index (χ3v) is 3.70. The zero-order valence-corrected chi connectivity index (χ0v) is 13.5. The molecule has 1 heterocycles. The van der Waals surface area contributed by atoms with Crippen LogP contribution in [-0.2, 0) is 6.54 Å². The number of aromatic nitrogens is 2. The van der Waals surface area contributed by atoms with Gasteiger partial charge in [0.1, 0.15) is 0 Å². The maximum Gasteiger partial charge on any atom is 0.249 e. The second kappa shape index (κ2) is 7.10. The highest BCUT2D eigenvalue weighted by atomic mass is 35.5. The third-order valence-electron chi connectivity index (χ3n) is 3.46. The van der Waals surface area contributed by atoms with Crippen LogP contribution in [-0.4, -0.2) is 15.9 Å². The largest absolute Gasteiger partial charge is 0.366 e. The van der Waals surface area contributed by atoms with Gasteiger partial charge >= 0.3 is 0 Å². The molecule has 3 aromatic rings. The highest BCUT2D eigenvalue weighted by Crippen LogP contribution is 2.22. The summed E-state index contributed by atoms with van der Waals surface area (Å²) in [5.74, 6) is -0.0237. The van der Waals surface area contributed by atoms with Crippen molar-refractivity contribution in [1.82, 2.24) is 9.97 Å². The van der Waals surface area contributed by atoms with Crippen LogP contribution in [0, 0.1) is 0 Å². The Morgan fingerprint density at radius 2 is 1.96 bits per heavy atom. The van der Waals surface area contributed by atoms with Crippen LogP contribution in [0.25, 0.3) is 11.3 Å². The molecule has 0 unspecified atom stereocenters. The number of anilines is 1. The molecule has 0 bridgehead atoms.